The smallest absolute Gasteiger partial charge is 0.137 e. The van der Waals surface area contributed by atoms with Gasteiger partial charge in [0.15, 0.2) is 0 Å². The number of rotatable bonds is 2. The molecule has 0 aliphatic carbocycles. The molecule has 0 amide bonds. The van der Waals surface area contributed by atoms with Crippen molar-refractivity contribution in [2.24, 2.45) is 0 Å². The molecule has 0 saturated heterocycles. The second kappa shape index (κ2) is 3.48. The number of ether oxygens (including phenoxy) is 1. The molecule has 0 saturated carbocycles. The van der Waals surface area contributed by atoms with Gasteiger partial charge in [0.05, 0.1) is 12.0 Å². The second-order valence-corrected chi connectivity index (χ2v) is 2.81. The number of hydrogen-bond acceptors (Lipinski definition) is 4. The highest BCUT2D eigenvalue weighted by Gasteiger charge is 2.01. The number of nitrogens with zero attached hydrogens (tertiary/aromatic N) is 1. The second-order valence-electron chi connectivity index (χ2n) is 1.96. The number of hydrogen-bond donors (Lipinski definition) is 1. The summed E-state index contributed by atoms with van der Waals surface area (Å²) in [5.74, 6) is 1.27. The fraction of sp³-hybridized carbons (Fsp3) is 0.286. The molecule has 0 aliphatic heterocycles. The topological polar surface area (TPSA) is 48.1 Å². The highest BCUT2D eigenvalue weighted by Crippen LogP contribution is 2.27. The molecule has 0 atom stereocenters. The van der Waals surface area contributed by atoms with Gasteiger partial charge in [0, 0.05) is 12.3 Å². The highest BCUT2D eigenvalue weighted by atomic mass is 32.2. The summed E-state index contributed by atoms with van der Waals surface area (Å²) >= 11 is 1.59. The largest absolute Gasteiger partial charge is 0.495 e. The first-order chi connectivity index (χ1) is 5.27. The van der Waals surface area contributed by atoms with Crippen molar-refractivity contribution in [1.29, 1.82) is 0 Å². The first-order valence-electron chi connectivity index (χ1n) is 3.11. The van der Waals surface area contributed by atoms with Crippen LogP contribution in [-0.4, -0.2) is 18.3 Å². The van der Waals surface area contributed by atoms with Crippen LogP contribution in [-0.2, 0) is 0 Å². The minimum Gasteiger partial charge on any atom is -0.495 e. The van der Waals surface area contributed by atoms with Crippen LogP contribution in [0.15, 0.2) is 17.2 Å². The van der Waals surface area contributed by atoms with Crippen LogP contribution in [0.1, 0.15) is 0 Å². The summed E-state index contributed by atoms with van der Waals surface area (Å²) < 4.78 is 5.08. The maximum absolute atomic E-state index is 5.46. The number of nitrogens with two attached hydrogens (primary N) is 1. The Balaban J connectivity index is 3.06. The fourth-order valence-electron chi connectivity index (χ4n) is 0.752. The van der Waals surface area contributed by atoms with Crippen molar-refractivity contribution in [3.8, 4) is 5.75 Å². The van der Waals surface area contributed by atoms with E-state index in [1.54, 1.807) is 31.1 Å². The van der Waals surface area contributed by atoms with Crippen LogP contribution in [0.5, 0.6) is 5.75 Å². The van der Waals surface area contributed by atoms with E-state index in [-0.39, 0.29) is 0 Å². The number of nitrogen functional groups attached to an aromatic ring is 1. The van der Waals surface area contributed by atoms with E-state index in [0.717, 1.165) is 10.6 Å². The molecule has 0 aromatic carbocycles. The number of pyridine rings is 1. The Labute approximate surface area is 70.0 Å². The first-order valence-corrected chi connectivity index (χ1v) is 4.34. The molecule has 60 valence electrons. The monoisotopic (exact) mass is 170 g/mol. The number of aromatic nitrogens is 1. The zero-order chi connectivity index (χ0) is 8.27. The van der Waals surface area contributed by atoms with Crippen molar-refractivity contribution >= 4 is 17.6 Å². The first kappa shape index (κ1) is 8.20. The van der Waals surface area contributed by atoms with Crippen LogP contribution < -0.4 is 10.5 Å². The predicted molar refractivity (Wildman–Crippen MR) is 47.0 cm³/mol. The molecule has 3 nitrogen and oxygen atoms in total. The molecular weight excluding hydrogens is 160 g/mol. The minimum atomic E-state index is 0.486. The van der Waals surface area contributed by atoms with E-state index in [2.05, 4.69) is 4.98 Å². The van der Waals surface area contributed by atoms with Gasteiger partial charge in [-0.15, -0.1) is 11.8 Å². The molecule has 1 aromatic heterocycles. The van der Waals surface area contributed by atoms with Gasteiger partial charge in [-0.05, 0) is 6.26 Å². The lowest BCUT2D eigenvalue weighted by Crippen LogP contribution is -1.92. The summed E-state index contributed by atoms with van der Waals surface area (Å²) in [5.41, 5.74) is 5.46. The van der Waals surface area contributed by atoms with Gasteiger partial charge >= 0.3 is 0 Å². The maximum atomic E-state index is 5.46. The molecule has 0 fully saturated rings. The van der Waals surface area contributed by atoms with E-state index < -0.39 is 0 Å². The van der Waals surface area contributed by atoms with E-state index in [0.29, 0.717) is 5.82 Å². The Bertz CT molecular complexity index is 252. The van der Waals surface area contributed by atoms with E-state index >= 15 is 0 Å². The SMILES string of the molecule is COc1cc(N)ncc1SC. The molecule has 0 radical (unpaired) electrons. The van der Waals surface area contributed by atoms with Crippen molar-refractivity contribution < 1.29 is 4.74 Å². The molecule has 1 heterocycles. The summed E-state index contributed by atoms with van der Waals surface area (Å²) in [7, 11) is 1.62. The van der Waals surface area contributed by atoms with Crippen LogP contribution in [0.3, 0.4) is 0 Å². The van der Waals surface area contributed by atoms with Gasteiger partial charge in [0.2, 0.25) is 0 Å². The summed E-state index contributed by atoms with van der Waals surface area (Å²) in [5, 5.41) is 0. The summed E-state index contributed by atoms with van der Waals surface area (Å²) in [6.45, 7) is 0. The quantitative estimate of drug-likeness (QED) is 0.681. The maximum Gasteiger partial charge on any atom is 0.137 e. The van der Waals surface area contributed by atoms with E-state index in [1.807, 2.05) is 6.26 Å². The molecule has 0 unspecified atom stereocenters. The molecule has 1 aromatic rings. The number of methoxy groups -OCH3 is 1. The summed E-state index contributed by atoms with van der Waals surface area (Å²) in [6.07, 6.45) is 3.68. The third-order valence-corrected chi connectivity index (χ3v) is 2.04. The molecule has 0 spiro atoms. The predicted octanol–water partition coefficient (Wildman–Crippen LogP) is 1.39. The zero-order valence-corrected chi connectivity index (χ0v) is 7.31. The number of anilines is 1. The van der Waals surface area contributed by atoms with E-state index in [1.165, 1.54) is 0 Å². The van der Waals surface area contributed by atoms with Crippen LogP contribution in [0.4, 0.5) is 5.82 Å². The standard InChI is InChI=1S/C7H10N2OS/c1-10-5-3-7(8)9-4-6(5)11-2/h3-4H,1-2H3,(H2,8,9). The van der Waals surface area contributed by atoms with Gasteiger partial charge in [-0.25, -0.2) is 4.98 Å². The molecular formula is C7H10N2OS. The Morgan fingerprint density at radius 1 is 1.64 bits per heavy atom. The average molecular weight is 170 g/mol. The van der Waals surface area contributed by atoms with Gasteiger partial charge in [0.1, 0.15) is 11.6 Å². The molecule has 4 heteroatoms. The van der Waals surface area contributed by atoms with Crippen LogP contribution >= 0.6 is 11.8 Å². The normalized spacial score (nSPS) is 9.64. The lowest BCUT2D eigenvalue weighted by Gasteiger charge is -2.04. The Morgan fingerprint density at radius 3 is 2.91 bits per heavy atom. The fourth-order valence-corrected chi connectivity index (χ4v) is 1.25. The third kappa shape index (κ3) is 1.77. The van der Waals surface area contributed by atoms with Crippen molar-refractivity contribution in [3.05, 3.63) is 12.3 Å². The van der Waals surface area contributed by atoms with Crippen molar-refractivity contribution in [3.63, 3.8) is 0 Å². The van der Waals surface area contributed by atoms with Crippen LogP contribution in [0.25, 0.3) is 0 Å². The van der Waals surface area contributed by atoms with Gasteiger partial charge in [-0.3, -0.25) is 0 Å². The molecule has 11 heavy (non-hydrogen) atoms. The van der Waals surface area contributed by atoms with Crippen molar-refractivity contribution in [2.75, 3.05) is 19.1 Å². The zero-order valence-electron chi connectivity index (χ0n) is 6.50. The summed E-state index contributed by atoms with van der Waals surface area (Å²) in [6, 6.07) is 1.71. The van der Waals surface area contributed by atoms with Gasteiger partial charge in [-0.1, -0.05) is 0 Å². The lowest BCUT2D eigenvalue weighted by molar-refractivity contribution is 0.404. The number of thioether (sulfide) groups is 1. The van der Waals surface area contributed by atoms with E-state index in [9.17, 15) is 0 Å². The van der Waals surface area contributed by atoms with E-state index in [4.69, 9.17) is 10.5 Å². The van der Waals surface area contributed by atoms with Gasteiger partial charge in [0.25, 0.3) is 0 Å². The lowest BCUT2D eigenvalue weighted by atomic mass is 10.4. The summed E-state index contributed by atoms with van der Waals surface area (Å²) in [4.78, 5) is 4.94. The average Bonchev–Trinajstić information content (AvgIpc) is 2.04. The molecule has 0 aliphatic rings. The Morgan fingerprint density at radius 2 is 2.36 bits per heavy atom. The van der Waals surface area contributed by atoms with Crippen molar-refractivity contribution in [2.45, 2.75) is 4.90 Å². The minimum absolute atomic E-state index is 0.486. The molecule has 2 N–H and O–H groups in total. The highest BCUT2D eigenvalue weighted by molar-refractivity contribution is 7.98. The van der Waals surface area contributed by atoms with Crippen LogP contribution in [0, 0.1) is 0 Å². The molecule has 1 rings (SSSR count). The van der Waals surface area contributed by atoms with Gasteiger partial charge in [-0.2, -0.15) is 0 Å². The molecule has 0 bridgehead atoms. The Kier molecular flexibility index (Phi) is 2.59. The van der Waals surface area contributed by atoms with Gasteiger partial charge < -0.3 is 10.5 Å². The van der Waals surface area contributed by atoms with Crippen molar-refractivity contribution in [1.82, 2.24) is 4.98 Å². The van der Waals surface area contributed by atoms with Crippen LogP contribution in [0.2, 0.25) is 0 Å². The third-order valence-electron chi connectivity index (χ3n) is 1.29. The Hall–Kier alpha value is -0.900.